The molecule has 1 amide bonds. The first kappa shape index (κ1) is 14.2. The minimum atomic E-state index is -0.404. The number of carbonyl (C=O) groups is 1. The van der Waals surface area contributed by atoms with E-state index in [1.165, 1.54) is 0 Å². The van der Waals surface area contributed by atoms with Crippen molar-refractivity contribution in [2.75, 3.05) is 13.1 Å². The van der Waals surface area contributed by atoms with Gasteiger partial charge in [-0.05, 0) is 24.5 Å². The van der Waals surface area contributed by atoms with Gasteiger partial charge < -0.3 is 14.2 Å². The van der Waals surface area contributed by atoms with Crippen molar-refractivity contribution in [3.05, 3.63) is 41.5 Å². The predicted molar refractivity (Wildman–Crippen MR) is 82.2 cm³/mol. The number of aryl methyl sites for hydroxylation is 1. The van der Waals surface area contributed by atoms with Gasteiger partial charge >= 0.3 is 0 Å². The Kier molecular flexibility index (Phi) is 3.52. The molecule has 0 bridgehead atoms. The van der Waals surface area contributed by atoms with Crippen molar-refractivity contribution in [1.82, 2.24) is 15.0 Å². The van der Waals surface area contributed by atoms with Gasteiger partial charge in [-0.1, -0.05) is 23.4 Å². The van der Waals surface area contributed by atoms with Crippen LogP contribution in [0.15, 0.2) is 28.8 Å². The molecule has 120 valence electrons. The van der Waals surface area contributed by atoms with Gasteiger partial charge in [0.1, 0.15) is 5.75 Å². The molecule has 4 rings (SSSR count). The second-order valence-electron chi connectivity index (χ2n) is 6.21. The lowest BCUT2D eigenvalue weighted by molar-refractivity contribution is -0.139. The van der Waals surface area contributed by atoms with E-state index in [0.717, 1.165) is 30.7 Å². The molecule has 2 aliphatic rings. The van der Waals surface area contributed by atoms with Crippen molar-refractivity contribution in [1.29, 1.82) is 0 Å². The molecule has 0 N–H and O–H groups in total. The van der Waals surface area contributed by atoms with Gasteiger partial charge in [0.15, 0.2) is 11.9 Å². The number of para-hydroxylation sites is 1. The smallest absolute Gasteiger partial charge is 0.264 e. The van der Waals surface area contributed by atoms with Crippen LogP contribution in [0.1, 0.15) is 36.0 Å². The molecule has 0 saturated carbocycles. The molecule has 0 radical (unpaired) electrons. The Morgan fingerprint density at radius 3 is 3.00 bits per heavy atom. The van der Waals surface area contributed by atoms with E-state index in [1.807, 2.05) is 29.2 Å². The first-order chi connectivity index (χ1) is 11.2. The standard InChI is InChI=1S/C17H19N3O3/c1-11-18-16(19-23-11)13-6-4-8-20(10-13)17(21)15-9-12-5-2-3-7-14(12)22-15/h2-3,5,7,13,15H,4,6,8-10H2,1H3/t13-,15+/m0/s1. The second-order valence-corrected chi connectivity index (χ2v) is 6.21. The third-order valence-corrected chi connectivity index (χ3v) is 4.56. The van der Waals surface area contributed by atoms with Crippen LogP contribution in [0.5, 0.6) is 5.75 Å². The molecule has 2 aliphatic heterocycles. The lowest BCUT2D eigenvalue weighted by atomic mass is 9.96. The van der Waals surface area contributed by atoms with E-state index in [4.69, 9.17) is 9.26 Å². The zero-order valence-corrected chi connectivity index (χ0v) is 13.1. The number of nitrogens with zero attached hydrogens (tertiary/aromatic N) is 3. The summed E-state index contributed by atoms with van der Waals surface area (Å²) in [4.78, 5) is 19.0. The first-order valence-corrected chi connectivity index (χ1v) is 8.04. The van der Waals surface area contributed by atoms with Crippen LogP contribution in [0.25, 0.3) is 0 Å². The highest BCUT2D eigenvalue weighted by Crippen LogP contribution is 2.31. The summed E-state index contributed by atoms with van der Waals surface area (Å²) in [5.74, 6) is 2.31. The van der Waals surface area contributed by atoms with Crippen LogP contribution < -0.4 is 4.74 Å². The van der Waals surface area contributed by atoms with Crippen molar-refractivity contribution in [3.8, 4) is 5.75 Å². The van der Waals surface area contributed by atoms with Crippen LogP contribution in [-0.2, 0) is 11.2 Å². The van der Waals surface area contributed by atoms with E-state index >= 15 is 0 Å². The summed E-state index contributed by atoms with van der Waals surface area (Å²) in [5, 5.41) is 4.01. The summed E-state index contributed by atoms with van der Waals surface area (Å²) in [6.07, 6.45) is 2.17. The highest BCUT2D eigenvalue weighted by molar-refractivity contribution is 5.82. The third kappa shape index (κ3) is 2.69. The van der Waals surface area contributed by atoms with Crippen LogP contribution in [0, 0.1) is 6.92 Å². The molecule has 2 aromatic rings. The van der Waals surface area contributed by atoms with Gasteiger partial charge in [-0.15, -0.1) is 0 Å². The fourth-order valence-corrected chi connectivity index (χ4v) is 3.39. The van der Waals surface area contributed by atoms with Crippen LogP contribution in [-0.4, -0.2) is 40.1 Å². The van der Waals surface area contributed by atoms with E-state index in [1.54, 1.807) is 6.92 Å². The number of benzene rings is 1. The molecule has 1 aromatic heterocycles. The number of fused-ring (bicyclic) bond motifs is 1. The van der Waals surface area contributed by atoms with Gasteiger partial charge in [0.2, 0.25) is 5.89 Å². The first-order valence-electron chi connectivity index (χ1n) is 8.04. The molecule has 6 heteroatoms. The summed E-state index contributed by atoms with van der Waals surface area (Å²) in [6, 6.07) is 7.85. The molecule has 0 aliphatic carbocycles. The summed E-state index contributed by atoms with van der Waals surface area (Å²) in [5.41, 5.74) is 1.10. The number of likely N-dealkylation sites (tertiary alicyclic amines) is 1. The number of carbonyl (C=O) groups excluding carboxylic acids is 1. The number of aromatic nitrogens is 2. The molecular formula is C17H19N3O3. The van der Waals surface area contributed by atoms with Crippen LogP contribution >= 0.6 is 0 Å². The van der Waals surface area contributed by atoms with E-state index in [2.05, 4.69) is 10.1 Å². The van der Waals surface area contributed by atoms with Crippen LogP contribution in [0.4, 0.5) is 0 Å². The van der Waals surface area contributed by atoms with Crippen LogP contribution in [0.2, 0.25) is 0 Å². The van der Waals surface area contributed by atoms with Crippen molar-refractivity contribution in [2.24, 2.45) is 0 Å². The average Bonchev–Trinajstić information content (AvgIpc) is 3.20. The van der Waals surface area contributed by atoms with Crippen LogP contribution in [0.3, 0.4) is 0 Å². The van der Waals surface area contributed by atoms with E-state index in [9.17, 15) is 4.79 Å². The van der Waals surface area contributed by atoms with Gasteiger partial charge in [-0.25, -0.2) is 0 Å². The highest BCUT2D eigenvalue weighted by atomic mass is 16.5. The summed E-state index contributed by atoms with van der Waals surface area (Å²) in [6.45, 7) is 3.18. The molecule has 23 heavy (non-hydrogen) atoms. The number of piperidine rings is 1. The number of hydrogen-bond donors (Lipinski definition) is 0. The maximum absolute atomic E-state index is 12.8. The fourth-order valence-electron chi connectivity index (χ4n) is 3.39. The molecule has 0 unspecified atom stereocenters. The van der Waals surface area contributed by atoms with E-state index < -0.39 is 6.10 Å². The maximum Gasteiger partial charge on any atom is 0.264 e. The van der Waals surface area contributed by atoms with Crippen molar-refractivity contribution < 1.29 is 14.1 Å². The average molecular weight is 313 g/mol. The zero-order valence-electron chi connectivity index (χ0n) is 13.1. The Morgan fingerprint density at radius 1 is 1.35 bits per heavy atom. The predicted octanol–water partition coefficient (Wildman–Crippen LogP) is 2.09. The molecule has 2 atom stereocenters. The summed E-state index contributed by atoms with van der Waals surface area (Å²) < 4.78 is 10.9. The zero-order chi connectivity index (χ0) is 15.8. The Morgan fingerprint density at radius 2 is 2.22 bits per heavy atom. The van der Waals surface area contributed by atoms with Gasteiger partial charge in [0.25, 0.3) is 5.91 Å². The van der Waals surface area contributed by atoms with Gasteiger partial charge in [0.05, 0.1) is 0 Å². The lowest BCUT2D eigenvalue weighted by Gasteiger charge is -2.32. The molecule has 1 fully saturated rings. The Balaban J connectivity index is 1.45. The molecule has 3 heterocycles. The van der Waals surface area contributed by atoms with E-state index in [-0.39, 0.29) is 11.8 Å². The minimum absolute atomic E-state index is 0.0612. The molecular weight excluding hydrogens is 294 g/mol. The molecule has 1 saturated heterocycles. The molecule has 6 nitrogen and oxygen atoms in total. The van der Waals surface area contributed by atoms with Crippen molar-refractivity contribution >= 4 is 5.91 Å². The largest absolute Gasteiger partial charge is 0.480 e. The number of ether oxygens (including phenoxy) is 1. The van der Waals surface area contributed by atoms with Crippen molar-refractivity contribution in [3.63, 3.8) is 0 Å². The van der Waals surface area contributed by atoms with E-state index in [0.29, 0.717) is 24.7 Å². The second kappa shape index (κ2) is 5.68. The minimum Gasteiger partial charge on any atom is -0.480 e. The fraction of sp³-hybridized carbons (Fsp3) is 0.471. The summed E-state index contributed by atoms with van der Waals surface area (Å²) in [7, 11) is 0. The number of rotatable bonds is 2. The molecule has 1 aromatic carbocycles. The SMILES string of the molecule is Cc1nc([C@H]2CCCN(C(=O)[C@H]3Cc4ccccc4O3)C2)no1. The topological polar surface area (TPSA) is 68.5 Å². The highest BCUT2D eigenvalue weighted by Gasteiger charge is 2.35. The third-order valence-electron chi connectivity index (χ3n) is 4.56. The van der Waals surface area contributed by atoms with Gasteiger partial charge in [-0.3, -0.25) is 4.79 Å². The summed E-state index contributed by atoms with van der Waals surface area (Å²) >= 11 is 0. The Bertz CT molecular complexity index is 702. The van der Waals surface area contributed by atoms with Gasteiger partial charge in [-0.2, -0.15) is 4.98 Å². The lowest BCUT2D eigenvalue weighted by Crippen LogP contribution is -2.46. The van der Waals surface area contributed by atoms with Gasteiger partial charge in [0, 0.05) is 32.4 Å². The quantitative estimate of drug-likeness (QED) is 0.849. The normalized spacial score (nSPS) is 23.4. The monoisotopic (exact) mass is 313 g/mol. The number of hydrogen-bond acceptors (Lipinski definition) is 5. The van der Waals surface area contributed by atoms with Crippen molar-refractivity contribution in [2.45, 2.75) is 38.2 Å². The maximum atomic E-state index is 12.8. The molecule has 0 spiro atoms. The Labute approximate surface area is 134 Å². The Hall–Kier alpha value is -2.37. The number of amides is 1.